The summed E-state index contributed by atoms with van der Waals surface area (Å²) in [5.41, 5.74) is 0. The van der Waals surface area contributed by atoms with Gasteiger partial charge in [0.25, 0.3) is 0 Å². The largest absolute Gasteiger partial charge is 0.569 e. The van der Waals surface area contributed by atoms with Crippen LogP contribution >= 0.6 is 11.6 Å². The van der Waals surface area contributed by atoms with Gasteiger partial charge in [-0.15, -0.1) is 0 Å². The second kappa shape index (κ2) is 3.49. The lowest BCUT2D eigenvalue weighted by atomic mass is 10.3. The number of halogens is 1. The molecule has 4 heteroatoms. The van der Waals surface area contributed by atoms with Crippen LogP contribution in [0.4, 0.5) is 0 Å². The Morgan fingerprint density at radius 3 is 2.90 bits per heavy atom. The molecular weight excluding hydrogens is 150 g/mol. The van der Waals surface area contributed by atoms with Crippen molar-refractivity contribution < 1.29 is 9.68 Å². The molecule has 1 aromatic rings. The summed E-state index contributed by atoms with van der Waals surface area (Å²) in [7, 11) is 0.617. The highest BCUT2D eigenvalue weighted by atomic mass is 35.5. The van der Waals surface area contributed by atoms with Crippen LogP contribution in [-0.4, -0.2) is 12.7 Å². The molecule has 10 heavy (non-hydrogen) atoms. The van der Waals surface area contributed by atoms with Crippen molar-refractivity contribution >= 4 is 19.3 Å². The van der Waals surface area contributed by atoms with Crippen LogP contribution in [0.5, 0.6) is 5.75 Å². The summed E-state index contributed by atoms with van der Waals surface area (Å²) in [6.45, 7) is 0. The lowest BCUT2D eigenvalue weighted by Gasteiger charge is -1.99. The molecule has 0 amide bonds. The van der Waals surface area contributed by atoms with Crippen molar-refractivity contribution in [1.82, 2.24) is 0 Å². The lowest BCUT2D eigenvalue weighted by molar-refractivity contribution is 0.454. The predicted octanol–water partition coefficient (Wildman–Crippen LogP) is 1.25. The zero-order valence-corrected chi connectivity index (χ0v) is 5.88. The van der Waals surface area contributed by atoms with Crippen LogP contribution in [0.2, 0.25) is 5.02 Å². The molecule has 1 N–H and O–H groups in total. The third-order valence-electron chi connectivity index (χ3n) is 0.985. The van der Waals surface area contributed by atoms with Gasteiger partial charge in [0.1, 0.15) is 5.75 Å². The van der Waals surface area contributed by atoms with Crippen LogP contribution in [-0.2, 0) is 0 Å². The van der Waals surface area contributed by atoms with E-state index in [9.17, 15) is 0 Å². The molecule has 0 aliphatic heterocycles. The predicted molar refractivity (Wildman–Crippen MR) is 40.1 cm³/mol. The second-order valence-electron chi connectivity index (χ2n) is 1.68. The molecule has 2 nitrogen and oxygen atoms in total. The summed E-state index contributed by atoms with van der Waals surface area (Å²) < 4.78 is 4.63. The van der Waals surface area contributed by atoms with Gasteiger partial charge in [0, 0.05) is 5.02 Å². The first-order chi connectivity index (χ1) is 4.83. The van der Waals surface area contributed by atoms with Crippen LogP contribution in [0.1, 0.15) is 0 Å². The Balaban J connectivity index is 2.75. The van der Waals surface area contributed by atoms with E-state index >= 15 is 0 Å². The van der Waals surface area contributed by atoms with Gasteiger partial charge < -0.3 is 9.68 Å². The molecule has 1 radical (unpaired) electrons. The Morgan fingerprint density at radius 2 is 2.30 bits per heavy atom. The molecule has 0 saturated carbocycles. The molecule has 1 aromatic carbocycles. The molecule has 0 atom stereocenters. The van der Waals surface area contributed by atoms with E-state index in [0.717, 1.165) is 0 Å². The van der Waals surface area contributed by atoms with E-state index in [2.05, 4.69) is 4.65 Å². The van der Waals surface area contributed by atoms with Crippen LogP contribution in [0.15, 0.2) is 24.3 Å². The van der Waals surface area contributed by atoms with E-state index in [4.69, 9.17) is 16.6 Å². The van der Waals surface area contributed by atoms with Crippen LogP contribution in [0.3, 0.4) is 0 Å². The van der Waals surface area contributed by atoms with E-state index in [1.807, 2.05) is 0 Å². The molecule has 0 bridgehead atoms. The zero-order chi connectivity index (χ0) is 7.40. The SMILES string of the molecule is O[B]Oc1cccc(Cl)c1. The van der Waals surface area contributed by atoms with Crippen LogP contribution < -0.4 is 4.65 Å². The smallest absolute Gasteiger partial charge is 0.537 e. The minimum Gasteiger partial charge on any atom is -0.537 e. The molecule has 0 fully saturated rings. The van der Waals surface area contributed by atoms with E-state index < -0.39 is 0 Å². The maximum Gasteiger partial charge on any atom is 0.569 e. The third-order valence-corrected chi connectivity index (χ3v) is 1.22. The molecule has 0 aliphatic rings. The van der Waals surface area contributed by atoms with Crippen molar-refractivity contribution in [1.29, 1.82) is 0 Å². The molecule has 0 spiro atoms. The topological polar surface area (TPSA) is 29.5 Å². The maximum atomic E-state index is 8.22. The minimum absolute atomic E-state index is 0.523. The van der Waals surface area contributed by atoms with Gasteiger partial charge in [0.05, 0.1) is 0 Å². The normalized spacial score (nSPS) is 9.00. The Kier molecular flexibility index (Phi) is 2.60. The average molecular weight is 155 g/mol. The number of hydrogen-bond acceptors (Lipinski definition) is 2. The van der Waals surface area contributed by atoms with E-state index in [1.54, 1.807) is 24.3 Å². The van der Waals surface area contributed by atoms with Crippen molar-refractivity contribution in [3.8, 4) is 5.75 Å². The van der Waals surface area contributed by atoms with Gasteiger partial charge in [0.2, 0.25) is 0 Å². The minimum atomic E-state index is 0.523. The van der Waals surface area contributed by atoms with Gasteiger partial charge in [-0.2, -0.15) is 0 Å². The first-order valence-corrected chi connectivity index (χ1v) is 3.09. The number of rotatable bonds is 2. The lowest BCUT2D eigenvalue weighted by Crippen LogP contribution is -1.98. The highest BCUT2D eigenvalue weighted by molar-refractivity contribution is 6.30. The monoisotopic (exact) mass is 155 g/mol. The maximum absolute atomic E-state index is 8.22. The van der Waals surface area contributed by atoms with Crippen LogP contribution in [0, 0.1) is 0 Å². The molecule has 51 valence electrons. The molecule has 0 aliphatic carbocycles. The molecule has 0 saturated heterocycles. The summed E-state index contributed by atoms with van der Waals surface area (Å²) >= 11 is 5.61. The van der Waals surface area contributed by atoms with Gasteiger partial charge in [-0.1, -0.05) is 17.7 Å². The van der Waals surface area contributed by atoms with Crippen molar-refractivity contribution in [3.63, 3.8) is 0 Å². The van der Waals surface area contributed by atoms with Crippen molar-refractivity contribution in [2.24, 2.45) is 0 Å². The zero-order valence-electron chi connectivity index (χ0n) is 5.12. The summed E-state index contributed by atoms with van der Waals surface area (Å²) in [4.78, 5) is 0. The number of benzene rings is 1. The van der Waals surface area contributed by atoms with Gasteiger partial charge in [0.15, 0.2) is 0 Å². The standard InChI is InChI=1S/C6H5BClO2/c8-5-2-1-3-6(4-5)10-7-9/h1-4,9H. The fourth-order valence-electron chi connectivity index (χ4n) is 0.601. The fraction of sp³-hybridized carbons (Fsp3) is 0. The molecule has 0 heterocycles. The summed E-state index contributed by atoms with van der Waals surface area (Å²) in [6.07, 6.45) is 0. The first kappa shape index (κ1) is 7.44. The average Bonchev–Trinajstić information content (AvgIpc) is 1.88. The molecule has 1 rings (SSSR count). The van der Waals surface area contributed by atoms with Gasteiger partial charge in [-0.05, 0) is 18.2 Å². The van der Waals surface area contributed by atoms with Gasteiger partial charge >= 0.3 is 7.69 Å². The molecule has 0 unspecified atom stereocenters. The highest BCUT2D eigenvalue weighted by Crippen LogP contribution is 2.16. The molecular formula is C6H5BClO2. The Hall–Kier alpha value is -0.665. The van der Waals surface area contributed by atoms with Crippen molar-refractivity contribution in [3.05, 3.63) is 29.3 Å². The van der Waals surface area contributed by atoms with E-state index in [0.29, 0.717) is 18.5 Å². The summed E-state index contributed by atoms with van der Waals surface area (Å²) in [6, 6.07) is 6.76. The fourth-order valence-corrected chi connectivity index (χ4v) is 0.781. The Morgan fingerprint density at radius 1 is 1.50 bits per heavy atom. The van der Waals surface area contributed by atoms with Crippen LogP contribution in [0.25, 0.3) is 0 Å². The summed E-state index contributed by atoms with van der Waals surface area (Å²) in [5.74, 6) is 0.523. The second-order valence-corrected chi connectivity index (χ2v) is 2.12. The Labute approximate surface area is 64.7 Å². The number of hydrogen-bond donors (Lipinski definition) is 1. The van der Waals surface area contributed by atoms with Gasteiger partial charge in [-0.25, -0.2) is 0 Å². The molecule has 0 aromatic heterocycles. The van der Waals surface area contributed by atoms with Crippen molar-refractivity contribution in [2.75, 3.05) is 0 Å². The van der Waals surface area contributed by atoms with E-state index in [1.165, 1.54) is 0 Å². The quantitative estimate of drug-likeness (QED) is 0.651. The highest BCUT2D eigenvalue weighted by Gasteiger charge is 1.93. The van der Waals surface area contributed by atoms with Gasteiger partial charge in [-0.3, -0.25) is 0 Å². The Bertz CT molecular complexity index is 217. The first-order valence-electron chi connectivity index (χ1n) is 2.71. The van der Waals surface area contributed by atoms with Crippen molar-refractivity contribution in [2.45, 2.75) is 0 Å². The van der Waals surface area contributed by atoms with E-state index in [-0.39, 0.29) is 0 Å². The third kappa shape index (κ3) is 1.93. The summed E-state index contributed by atoms with van der Waals surface area (Å²) in [5, 5.41) is 8.80.